The van der Waals surface area contributed by atoms with E-state index in [9.17, 15) is 0 Å². The summed E-state index contributed by atoms with van der Waals surface area (Å²) in [5.41, 5.74) is 0. The molecule has 0 amide bonds. The summed E-state index contributed by atoms with van der Waals surface area (Å²) in [7, 11) is 1.71. The Morgan fingerprint density at radius 2 is 1.81 bits per heavy atom. The zero-order valence-electron chi connectivity index (χ0n) is 10.5. The van der Waals surface area contributed by atoms with Gasteiger partial charge in [0.05, 0.1) is 19.8 Å². The van der Waals surface area contributed by atoms with E-state index in [1.165, 1.54) is 12.8 Å². The van der Waals surface area contributed by atoms with Crippen LogP contribution in [0.2, 0.25) is 0 Å². The largest absolute Gasteiger partial charge is 0.385 e. The lowest BCUT2D eigenvalue weighted by atomic mass is 10.1. The van der Waals surface area contributed by atoms with Crippen molar-refractivity contribution in [3.8, 4) is 0 Å². The minimum absolute atomic E-state index is 0.637. The van der Waals surface area contributed by atoms with E-state index in [-0.39, 0.29) is 0 Å². The van der Waals surface area contributed by atoms with Crippen LogP contribution in [0.5, 0.6) is 0 Å². The molecule has 0 aromatic rings. The van der Waals surface area contributed by atoms with E-state index >= 15 is 0 Å². The van der Waals surface area contributed by atoms with E-state index in [1.807, 2.05) is 0 Å². The smallest absolute Gasteiger partial charge is 0.0700 e. The summed E-state index contributed by atoms with van der Waals surface area (Å²) < 4.78 is 15.9. The van der Waals surface area contributed by atoms with E-state index in [2.05, 4.69) is 22.9 Å². The molecule has 3 nitrogen and oxygen atoms in total. The molecule has 98 valence electrons. The Kier molecular flexibility index (Phi) is 13.7. The van der Waals surface area contributed by atoms with Crippen molar-refractivity contribution in [1.29, 1.82) is 0 Å². The summed E-state index contributed by atoms with van der Waals surface area (Å²) >= 11 is 3.50. The average Bonchev–Trinajstić information content (AvgIpc) is 2.31. The molecular weight excluding hydrogens is 272 g/mol. The highest BCUT2D eigenvalue weighted by Crippen LogP contribution is 2.09. The average molecular weight is 297 g/mol. The lowest BCUT2D eigenvalue weighted by Crippen LogP contribution is -2.14. The van der Waals surface area contributed by atoms with Gasteiger partial charge in [0, 0.05) is 25.7 Å². The second kappa shape index (κ2) is 13.4. The molecule has 0 heterocycles. The first-order valence-electron chi connectivity index (χ1n) is 6.05. The highest BCUT2D eigenvalue weighted by Gasteiger charge is 2.05. The SMILES string of the molecule is CCCC(CBr)COCCOCCCOC. The number of methoxy groups -OCH3 is 1. The number of alkyl halides is 1. The van der Waals surface area contributed by atoms with E-state index in [0.29, 0.717) is 19.1 Å². The predicted molar refractivity (Wildman–Crippen MR) is 70.3 cm³/mol. The fraction of sp³-hybridized carbons (Fsp3) is 1.00. The van der Waals surface area contributed by atoms with Gasteiger partial charge in [-0.2, -0.15) is 0 Å². The number of hydrogen-bond donors (Lipinski definition) is 0. The molecule has 0 aliphatic carbocycles. The fourth-order valence-corrected chi connectivity index (χ4v) is 1.90. The molecule has 0 saturated heterocycles. The van der Waals surface area contributed by atoms with E-state index in [0.717, 1.165) is 31.6 Å². The van der Waals surface area contributed by atoms with Gasteiger partial charge in [-0.3, -0.25) is 0 Å². The molecule has 0 radical (unpaired) electrons. The maximum Gasteiger partial charge on any atom is 0.0700 e. The van der Waals surface area contributed by atoms with Crippen LogP contribution < -0.4 is 0 Å². The molecule has 0 bridgehead atoms. The van der Waals surface area contributed by atoms with Crippen molar-refractivity contribution in [3.63, 3.8) is 0 Å². The van der Waals surface area contributed by atoms with Crippen molar-refractivity contribution in [2.45, 2.75) is 26.2 Å². The Morgan fingerprint density at radius 1 is 1.06 bits per heavy atom. The molecule has 1 atom stereocenters. The third kappa shape index (κ3) is 10.9. The van der Waals surface area contributed by atoms with Crippen LogP contribution in [-0.2, 0) is 14.2 Å². The quantitative estimate of drug-likeness (QED) is 0.409. The molecule has 0 saturated carbocycles. The third-order valence-corrected chi connectivity index (χ3v) is 3.19. The normalized spacial score (nSPS) is 12.9. The molecule has 16 heavy (non-hydrogen) atoms. The van der Waals surface area contributed by atoms with Gasteiger partial charge in [0.15, 0.2) is 0 Å². The maximum atomic E-state index is 5.56. The minimum atomic E-state index is 0.637. The second-order valence-corrected chi connectivity index (χ2v) is 4.49. The number of rotatable bonds is 12. The van der Waals surface area contributed by atoms with Gasteiger partial charge < -0.3 is 14.2 Å². The Labute approximate surface area is 108 Å². The van der Waals surface area contributed by atoms with Gasteiger partial charge in [0.2, 0.25) is 0 Å². The lowest BCUT2D eigenvalue weighted by Gasteiger charge is -2.13. The molecule has 4 heteroatoms. The molecule has 0 aliphatic rings. The van der Waals surface area contributed by atoms with Gasteiger partial charge in [-0.25, -0.2) is 0 Å². The lowest BCUT2D eigenvalue weighted by molar-refractivity contribution is 0.0292. The Morgan fingerprint density at radius 3 is 2.44 bits per heavy atom. The van der Waals surface area contributed by atoms with E-state index < -0.39 is 0 Å². The molecule has 0 N–H and O–H groups in total. The second-order valence-electron chi connectivity index (χ2n) is 3.84. The van der Waals surface area contributed by atoms with Gasteiger partial charge >= 0.3 is 0 Å². The van der Waals surface area contributed by atoms with Crippen molar-refractivity contribution >= 4 is 15.9 Å². The van der Waals surface area contributed by atoms with Crippen LogP contribution in [0.25, 0.3) is 0 Å². The van der Waals surface area contributed by atoms with Crippen LogP contribution in [-0.4, -0.2) is 45.5 Å². The van der Waals surface area contributed by atoms with Crippen LogP contribution in [0.1, 0.15) is 26.2 Å². The number of halogens is 1. The monoisotopic (exact) mass is 296 g/mol. The Hall–Kier alpha value is 0.360. The van der Waals surface area contributed by atoms with Crippen molar-refractivity contribution in [2.24, 2.45) is 5.92 Å². The van der Waals surface area contributed by atoms with Gasteiger partial charge in [0.25, 0.3) is 0 Å². The summed E-state index contributed by atoms with van der Waals surface area (Å²) in [6, 6.07) is 0. The highest BCUT2D eigenvalue weighted by atomic mass is 79.9. The van der Waals surface area contributed by atoms with Crippen molar-refractivity contribution in [2.75, 3.05) is 45.5 Å². The zero-order chi connectivity index (χ0) is 12.1. The molecule has 0 spiro atoms. The Bertz CT molecular complexity index is 133. The summed E-state index contributed by atoms with van der Waals surface area (Å²) in [6.45, 7) is 5.94. The first kappa shape index (κ1) is 16.4. The van der Waals surface area contributed by atoms with Crippen molar-refractivity contribution < 1.29 is 14.2 Å². The van der Waals surface area contributed by atoms with Crippen LogP contribution in [0, 0.1) is 5.92 Å². The van der Waals surface area contributed by atoms with E-state index in [4.69, 9.17) is 14.2 Å². The molecule has 0 aromatic heterocycles. The molecule has 0 fully saturated rings. The van der Waals surface area contributed by atoms with Gasteiger partial charge in [-0.1, -0.05) is 29.3 Å². The summed E-state index contributed by atoms with van der Waals surface area (Å²) in [6.07, 6.45) is 3.39. The van der Waals surface area contributed by atoms with Crippen LogP contribution >= 0.6 is 15.9 Å². The topological polar surface area (TPSA) is 27.7 Å². The van der Waals surface area contributed by atoms with Crippen molar-refractivity contribution in [1.82, 2.24) is 0 Å². The summed E-state index contributed by atoms with van der Waals surface area (Å²) in [4.78, 5) is 0. The summed E-state index contributed by atoms with van der Waals surface area (Å²) in [5, 5.41) is 1.02. The summed E-state index contributed by atoms with van der Waals surface area (Å²) in [5.74, 6) is 0.637. The standard InChI is InChI=1S/C12H25BrO3/c1-3-5-12(10-13)11-16-9-8-15-7-4-6-14-2/h12H,3-11H2,1-2H3. The zero-order valence-corrected chi connectivity index (χ0v) is 12.1. The molecule has 1 unspecified atom stereocenters. The van der Waals surface area contributed by atoms with Crippen LogP contribution in [0.15, 0.2) is 0 Å². The Balaban J connectivity index is 3.12. The molecule has 0 rings (SSSR count). The fourth-order valence-electron chi connectivity index (χ4n) is 1.39. The minimum Gasteiger partial charge on any atom is -0.385 e. The highest BCUT2D eigenvalue weighted by molar-refractivity contribution is 9.09. The maximum absolute atomic E-state index is 5.56. The first-order chi connectivity index (χ1) is 7.85. The molecule has 0 aromatic carbocycles. The molecular formula is C12H25BrO3. The van der Waals surface area contributed by atoms with Crippen molar-refractivity contribution in [3.05, 3.63) is 0 Å². The van der Waals surface area contributed by atoms with E-state index in [1.54, 1.807) is 7.11 Å². The van der Waals surface area contributed by atoms with Crippen LogP contribution in [0.3, 0.4) is 0 Å². The molecule has 0 aliphatic heterocycles. The number of hydrogen-bond acceptors (Lipinski definition) is 3. The third-order valence-electron chi connectivity index (χ3n) is 2.28. The van der Waals surface area contributed by atoms with Gasteiger partial charge in [-0.05, 0) is 18.8 Å². The van der Waals surface area contributed by atoms with Crippen LogP contribution in [0.4, 0.5) is 0 Å². The van der Waals surface area contributed by atoms with Gasteiger partial charge in [0.1, 0.15) is 0 Å². The first-order valence-corrected chi connectivity index (χ1v) is 7.17. The van der Waals surface area contributed by atoms with Gasteiger partial charge in [-0.15, -0.1) is 0 Å². The predicted octanol–water partition coefficient (Wildman–Crippen LogP) is 2.87. The number of ether oxygens (including phenoxy) is 3.